The minimum atomic E-state index is -5.08. The average molecular weight is 496 g/mol. The smallest absolute Gasteiger partial charge is 0.475 e. The van der Waals surface area contributed by atoms with Crippen LogP contribution in [0.2, 0.25) is 0 Å². The summed E-state index contributed by atoms with van der Waals surface area (Å²) in [7, 11) is 6.13. The van der Waals surface area contributed by atoms with Gasteiger partial charge >= 0.3 is 12.1 Å². The van der Waals surface area contributed by atoms with E-state index in [0.29, 0.717) is 19.4 Å². The molecule has 34 heavy (non-hydrogen) atoms. The lowest BCUT2D eigenvalue weighted by Gasteiger charge is -2.48. The Bertz CT molecular complexity index is 717. The second-order valence-electron chi connectivity index (χ2n) is 10.5. The van der Waals surface area contributed by atoms with Crippen molar-refractivity contribution in [3.05, 3.63) is 0 Å². The standard InChI is InChI=1S/C21H39N3O3.C2HF3O2/c1-19(2,18(22)26)12-13-24-16-20(15-17(24)25)8-10-21(11-9-20,23(3)4)7-6-14-27-5;3-2(4,5)1(6)7/h6-16H2,1-5H3,(H2,22,26);(H,6,7)/t20-,21-;. The van der Waals surface area contributed by atoms with E-state index < -0.39 is 17.6 Å². The van der Waals surface area contributed by atoms with Gasteiger partial charge < -0.3 is 25.4 Å². The summed E-state index contributed by atoms with van der Waals surface area (Å²) in [6.07, 6.45) is 2.89. The van der Waals surface area contributed by atoms with Crippen LogP contribution in [0.3, 0.4) is 0 Å². The number of ether oxygens (including phenoxy) is 1. The topological polar surface area (TPSA) is 113 Å². The normalized spacial score (nSPS) is 25.4. The van der Waals surface area contributed by atoms with Gasteiger partial charge in [-0.25, -0.2) is 4.79 Å². The zero-order chi connectivity index (χ0) is 26.4. The zero-order valence-corrected chi connectivity index (χ0v) is 21.0. The predicted octanol–water partition coefficient (Wildman–Crippen LogP) is 3.04. The first-order chi connectivity index (χ1) is 15.5. The lowest BCUT2D eigenvalue weighted by molar-refractivity contribution is -0.192. The molecule has 0 atom stereocenters. The molecule has 2 amide bonds. The van der Waals surface area contributed by atoms with Crippen LogP contribution in [0.5, 0.6) is 0 Å². The number of likely N-dealkylation sites (tertiary alicyclic amines) is 1. The second kappa shape index (κ2) is 11.7. The van der Waals surface area contributed by atoms with E-state index in [1.807, 2.05) is 18.7 Å². The average Bonchev–Trinajstić information content (AvgIpc) is 3.03. The lowest BCUT2D eigenvalue weighted by Crippen LogP contribution is -2.49. The molecule has 2 fully saturated rings. The Morgan fingerprint density at radius 1 is 1.18 bits per heavy atom. The van der Waals surface area contributed by atoms with Gasteiger partial charge in [-0.1, -0.05) is 13.8 Å². The first-order valence-electron chi connectivity index (χ1n) is 11.5. The molecule has 0 aromatic heterocycles. The Kier molecular flexibility index (Phi) is 10.4. The molecule has 198 valence electrons. The van der Waals surface area contributed by atoms with Crippen LogP contribution in [-0.4, -0.2) is 85.3 Å². The summed E-state index contributed by atoms with van der Waals surface area (Å²) in [6, 6.07) is 0. The van der Waals surface area contributed by atoms with E-state index in [-0.39, 0.29) is 22.8 Å². The van der Waals surface area contributed by atoms with Crippen LogP contribution in [0.15, 0.2) is 0 Å². The first kappa shape index (κ1) is 30.2. The number of methoxy groups -OCH3 is 1. The number of hydrogen-bond acceptors (Lipinski definition) is 5. The third-order valence-electron chi connectivity index (χ3n) is 7.50. The molecule has 0 aromatic carbocycles. The minimum Gasteiger partial charge on any atom is -0.475 e. The fourth-order valence-corrected chi connectivity index (χ4v) is 4.77. The Morgan fingerprint density at radius 3 is 2.12 bits per heavy atom. The molecule has 3 N–H and O–H groups in total. The van der Waals surface area contributed by atoms with Crippen LogP contribution in [0.1, 0.15) is 65.2 Å². The molecular weight excluding hydrogens is 455 g/mol. The Balaban J connectivity index is 0.000000718. The Hall–Kier alpha value is -1.88. The molecule has 8 nitrogen and oxygen atoms in total. The number of nitrogens with two attached hydrogens (primary N) is 1. The fourth-order valence-electron chi connectivity index (χ4n) is 4.77. The maximum atomic E-state index is 12.6. The van der Waals surface area contributed by atoms with Crippen LogP contribution in [0, 0.1) is 10.8 Å². The number of alkyl halides is 3. The highest BCUT2D eigenvalue weighted by molar-refractivity contribution is 5.81. The van der Waals surface area contributed by atoms with Gasteiger partial charge in [0.1, 0.15) is 0 Å². The zero-order valence-electron chi connectivity index (χ0n) is 21.0. The minimum absolute atomic E-state index is 0.120. The van der Waals surface area contributed by atoms with Gasteiger partial charge in [-0.15, -0.1) is 0 Å². The maximum Gasteiger partial charge on any atom is 0.490 e. The van der Waals surface area contributed by atoms with Gasteiger partial charge in [0.15, 0.2) is 0 Å². The van der Waals surface area contributed by atoms with Crippen molar-refractivity contribution < 1.29 is 37.4 Å². The molecule has 11 heteroatoms. The molecule has 0 unspecified atom stereocenters. The number of carbonyl (C=O) groups is 3. The van der Waals surface area contributed by atoms with Crippen LogP contribution in [0.4, 0.5) is 13.2 Å². The molecule has 0 radical (unpaired) electrons. The van der Waals surface area contributed by atoms with Crippen molar-refractivity contribution in [1.82, 2.24) is 9.80 Å². The lowest BCUT2D eigenvalue weighted by atomic mass is 9.65. The molecule has 2 aliphatic rings. The van der Waals surface area contributed by atoms with Crippen molar-refractivity contribution in [2.45, 2.75) is 76.9 Å². The van der Waals surface area contributed by atoms with Crippen LogP contribution >= 0.6 is 0 Å². The highest BCUT2D eigenvalue weighted by Crippen LogP contribution is 2.50. The largest absolute Gasteiger partial charge is 0.490 e. The van der Waals surface area contributed by atoms with Crippen LogP contribution in [-0.2, 0) is 19.1 Å². The summed E-state index contributed by atoms with van der Waals surface area (Å²) in [6.45, 7) is 5.99. The van der Waals surface area contributed by atoms with E-state index in [0.717, 1.165) is 51.7 Å². The van der Waals surface area contributed by atoms with Crippen molar-refractivity contribution in [2.24, 2.45) is 16.6 Å². The van der Waals surface area contributed by atoms with Gasteiger partial charge in [-0.3, -0.25) is 9.59 Å². The summed E-state index contributed by atoms with van der Waals surface area (Å²) >= 11 is 0. The third kappa shape index (κ3) is 8.11. The first-order valence-corrected chi connectivity index (χ1v) is 11.5. The predicted molar refractivity (Wildman–Crippen MR) is 121 cm³/mol. The van der Waals surface area contributed by atoms with E-state index in [9.17, 15) is 22.8 Å². The summed E-state index contributed by atoms with van der Waals surface area (Å²) in [5.74, 6) is -2.81. The monoisotopic (exact) mass is 495 g/mol. The summed E-state index contributed by atoms with van der Waals surface area (Å²) in [5, 5.41) is 7.12. The number of halogens is 3. The molecule has 1 spiro atoms. The van der Waals surface area contributed by atoms with Gasteiger partial charge in [0.05, 0.1) is 0 Å². The fraction of sp³-hybridized carbons (Fsp3) is 0.870. The number of aliphatic carboxylic acids is 1. The molecule has 1 aliphatic carbocycles. The molecule has 1 saturated carbocycles. The summed E-state index contributed by atoms with van der Waals surface area (Å²) in [4.78, 5) is 37.4. The number of carboxylic acid groups (broad SMARTS) is 1. The van der Waals surface area contributed by atoms with E-state index >= 15 is 0 Å². The third-order valence-corrected chi connectivity index (χ3v) is 7.50. The number of nitrogens with zero attached hydrogens (tertiary/aromatic N) is 2. The van der Waals surface area contributed by atoms with E-state index in [4.69, 9.17) is 20.4 Å². The van der Waals surface area contributed by atoms with Gasteiger partial charge in [0.2, 0.25) is 11.8 Å². The SMILES string of the molecule is COCCC[C@]1(N(C)C)CC[C@]2(CC1)CC(=O)N(CCC(C)(C)C(N)=O)C2.O=C(O)C(F)(F)F. The number of rotatable bonds is 9. The van der Waals surface area contributed by atoms with Crippen molar-refractivity contribution in [1.29, 1.82) is 0 Å². The molecule has 1 saturated heterocycles. The number of carbonyl (C=O) groups excluding carboxylic acids is 2. The molecule has 0 bridgehead atoms. The van der Waals surface area contributed by atoms with Crippen LogP contribution < -0.4 is 5.73 Å². The van der Waals surface area contributed by atoms with Crippen molar-refractivity contribution >= 4 is 17.8 Å². The van der Waals surface area contributed by atoms with Crippen molar-refractivity contribution in [3.8, 4) is 0 Å². The van der Waals surface area contributed by atoms with E-state index in [2.05, 4.69) is 19.0 Å². The maximum absolute atomic E-state index is 12.6. The quantitative estimate of drug-likeness (QED) is 0.476. The second-order valence-corrected chi connectivity index (χ2v) is 10.5. The van der Waals surface area contributed by atoms with E-state index in [1.165, 1.54) is 0 Å². The molecule has 0 aromatic rings. The number of carboxylic acids is 1. The van der Waals surface area contributed by atoms with Gasteiger partial charge in [0, 0.05) is 44.2 Å². The van der Waals surface area contributed by atoms with Crippen molar-refractivity contribution in [3.63, 3.8) is 0 Å². The molecule has 1 heterocycles. The number of amides is 2. The van der Waals surface area contributed by atoms with E-state index in [1.54, 1.807) is 7.11 Å². The number of hydrogen-bond donors (Lipinski definition) is 2. The highest BCUT2D eigenvalue weighted by Gasteiger charge is 2.49. The summed E-state index contributed by atoms with van der Waals surface area (Å²) in [5.41, 5.74) is 5.26. The Labute approximate surface area is 200 Å². The van der Waals surface area contributed by atoms with Gasteiger partial charge in [-0.2, -0.15) is 13.2 Å². The molecule has 1 aliphatic heterocycles. The number of primary amides is 1. The van der Waals surface area contributed by atoms with Crippen molar-refractivity contribution in [2.75, 3.05) is 40.9 Å². The highest BCUT2D eigenvalue weighted by atomic mass is 19.4. The Morgan fingerprint density at radius 2 is 1.71 bits per heavy atom. The van der Waals surface area contributed by atoms with Crippen LogP contribution in [0.25, 0.3) is 0 Å². The molecule has 2 rings (SSSR count). The molecular formula is C23H40F3N3O5. The van der Waals surface area contributed by atoms with Gasteiger partial charge in [0.25, 0.3) is 0 Å². The summed E-state index contributed by atoms with van der Waals surface area (Å²) < 4.78 is 37.0. The van der Waals surface area contributed by atoms with Gasteiger partial charge in [-0.05, 0) is 64.5 Å².